The highest BCUT2D eigenvalue weighted by molar-refractivity contribution is 6.01. The fourth-order valence-electron chi connectivity index (χ4n) is 3.27. The van der Waals surface area contributed by atoms with Gasteiger partial charge in [0.15, 0.2) is 5.76 Å². The van der Waals surface area contributed by atoms with Crippen LogP contribution in [-0.4, -0.2) is 24.3 Å². The second kappa shape index (κ2) is 9.17. The molecule has 1 saturated heterocycles. The van der Waals surface area contributed by atoms with Crippen LogP contribution in [0.2, 0.25) is 0 Å². The summed E-state index contributed by atoms with van der Waals surface area (Å²) in [4.78, 5) is 38.5. The molecule has 0 saturated carbocycles. The number of carbonyl (C=O) groups excluding carboxylic acids is 3. The van der Waals surface area contributed by atoms with Crippen molar-refractivity contribution in [3.63, 3.8) is 0 Å². The molecule has 158 valence electrons. The first-order chi connectivity index (χ1) is 15.1. The molecule has 1 atom stereocenters. The maximum Gasteiger partial charge on any atom is 0.305 e. The maximum atomic E-state index is 12.4. The van der Waals surface area contributed by atoms with Crippen molar-refractivity contribution < 1.29 is 23.5 Å². The Bertz CT molecular complexity index is 1070. The van der Waals surface area contributed by atoms with Crippen molar-refractivity contribution in [3.05, 3.63) is 84.3 Å². The number of carbonyl (C=O) groups is 3. The van der Waals surface area contributed by atoms with E-state index in [4.69, 9.17) is 9.15 Å². The van der Waals surface area contributed by atoms with Gasteiger partial charge in [-0.05, 0) is 36.4 Å². The summed E-state index contributed by atoms with van der Waals surface area (Å²) < 4.78 is 11.0. The van der Waals surface area contributed by atoms with Crippen molar-refractivity contribution in [1.29, 1.82) is 0 Å². The highest BCUT2D eigenvalue weighted by atomic mass is 16.5. The third kappa shape index (κ3) is 4.92. The van der Waals surface area contributed by atoms with Crippen LogP contribution in [0.25, 0.3) is 0 Å². The molecule has 3 aromatic rings. The minimum Gasteiger partial charge on any atom is -0.486 e. The van der Waals surface area contributed by atoms with E-state index in [9.17, 15) is 14.4 Å². The monoisotopic (exact) mass is 419 g/mol. The van der Waals surface area contributed by atoms with Gasteiger partial charge in [0.05, 0.1) is 5.92 Å². The van der Waals surface area contributed by atoms with Gasteiger partial charge in [0, 0.05) is 18.7 Å². The number of benzene rings is 2. The number of hydrazine groups is 1. The van der Waals surface area contributed by atoms with E-state index >= 15 is 0 Å². The maximum absolute atomic E-state index is 12.4. The van der Waals surface area contributed by atoms with Crippen LogP contribution in [0.3, 0.4) is 0 Å². The predicted octanol–water partition coefficient (Wildman–Crippen LogP) is 2.67. The lowest BCUT2D eigenvalue weighted by Crippen LogP contribution is -2.45. The molecule has 1 aromatic heterocycles. The van der Waals surface area contributed by atoms with E-state index in [2.05, 4.69) is 10.9 Å². The normalized spacial score (nSPS) is 15.5. The van der Waals surface area contributed by atoms with Crippen LogP contribution in [0.4, 0.5) is 5.69 Å². The Hall–Kier alpha value is -4.07. The van der Waals surface area contributed by atoms with Crippen LogP contribution >= 0.6 is 0 Å². The molecule has 2 aromatic carbocycles. The van der Waals surface area contributed by atoms with Crippen molar-refractivity contribution in [3.8, 4) is 5.75 Å². The molecule has 8 heteroatoms. The van der Waals surface area contributed by atoms with E-state index in [-0.39, 0.29) is 31.2 Å². The summed E-state index contributed by atoms with van der Waals surface area (Å²) in [6, 6.07) is 21.5. The Labute approximate surface area is 178 Å². The van der Waals surface area contributed by atoms with Crippen LogP contribution in [0.1, 0.15) is 22.7 Å². The number of anilines is 1. The molecular weight excluding hydrogens is 398 g/mol. The average Bonchev–Trinajstić information content (AvgIpc) is 3.44. The van der Waals surface area contributed by atoms with Crippen molar-refractivity contribution in [1.82, 2.24) is 10.9 Å². The Kier molecular flexibility index (Phi) is 5.98. The summed E-state index contributed by atoms with van der Waals surface area (Å²) >= 11 is 0. The van der Waals surface area contributed by atoms with E-state index in [1.165, 1.54) is 6.07 Å². The van der Waals surface area contributed by atoms with Crippen LogP contribution in [0.15, 0.2) is 77.2 Å². The van der Waals surface area contributed by atoms with E-state index in [1.54, 1.807) is 11.0 Å². The zero-order valence-corrected chi connectivity index (χ0v) is 16.6. The molecule has 3 amide bonds. The second-order valence-electron chi connectivity index (χ2n) is 7.05. The van der Waals surface area contributed by atoms with Crippen molar-refractivity contribution in [2.24, 2.45) is 5.92 Å². The molecule has 2 N–H and O–H groups in total. The lowest BCUT2D eigenvalue weighted by Gasteiger charge is -2.16. The van der Waals surface area contributed by atoms with Crippen molar-refractivity contribution in [2.75, 3.05) is 11.4 Å². The zero-order valence-electron chi connectivity index (χ0n) is 16.6. The van der Waals surface area contributed by atoms with Gasteiger partial charge < -0.3 is 14.1 Å². The van der Waals surface area contributed by atoms with Gasteiger partial charge in [0.2, 0.25) is 11.8 Å². The fraction of sp³-hybridized carbons (Fsp3) is 0.174. The van der Waals surface area contributed by atoms with Gasteiger partial charge >= 0.3 is 5.91 Å². The standard InChI is InChI=1S/C23H21N3O5/c27-21-13-16(14-26(21)17-7-3-1-4-8-17)22(28)24-25-23(29)20-12-11-19(31-20)15-30-18-9-5-2-6-10-18/h1-12,16H,13-15H2,(H,24,28)(H,25,29). The van der Waals surface area contributed by atoms with Crippen LogP contribution in [-0.2, 0) is 16.2 Å². The summed E-state index contributed by atoms with van der Waals surface area (Å²) in [6.45, 7) is 0.426. The molecule has 0 aliphatic carbocycles. The number of para-hydroxylation sites is 2. The van der Waals surface area contributed by atoms with Gasteiger partial charge in [-0.25, -0.2) is 0 Å². The summed E-state index contributed by atoms with van der Waals surface area (Å²) in [5, 5.41) is 0. The van der Waals surface area contributed by atoms with Gasteiger partial charge in [0.25, 0.3) is 0 Å². The molecule has 0 bridgehead atoms. The topological polar surface area (TPSA) is 101 Å². The number of hydrogen-bond acceptors (Lipinski definition) is 5. The van der Waals surface area contributed by atoms with Crippen molar-refractivity contribution in [2.45, 2.75) is 13.0 Å². The summed E-state index contributed by atoms with van der Waals surface area (Å²) in [6.07, 6.45) is 0.0817. The smallest absolute Gasteiger partial charge is 0.305 e. The van der Waals surface area contributed by atoms with Gasteiger partial charge in [-0.1, -0.05) is 36.4 Å². The van der Waals surface area contributed by atoms with E-state index < -0.39 is 17.7 Å². The number of nitrogens with one attached hydrogen (secondary N) is 2. The van der Waals surface area contributed by atoms with Gasteiger partial charge in [-0.15, -0.1) is 0 Å². The van der Waals surface area contributed by atoms with Crippen LogP contribution < -0.4 is 20.5 Å². The minimum absolute atomic E-state index is 0.0420. The molecule has 4 rings (SSSR count). The minimum atomic E-state index is -0.594. The molecular formula is C23H21N3O5. The first-order valence-corrected chi connectivity index (χ1v) is 9.82. The predicted molar refractivity (Wildman–Crippen MR) is 112 cm³/mol. The number of hydrogen-bond donors (Lipinski definition) is 2. The molecule has 1 unspecified atom stereocenters. The van der Waals surface area contributed by atoms with E-state index in [1.807, 2.05) is 60.7 Å². The summed E-state index contributed by atoms with van der Waals surface area (Å²) in [5.41, 5.74) is 5.45. The van der Waals surface area contributed by atoms with Gasteiger partial charge in [0.1, 0.15) is 18.1 Å². The lowest BCUT2D eigenvalue weighted by molar-refractivity contribution is -0.126. The number of ether oxygens (including phenoxy) is 1. The third-order valence-corrected chi connectivity index (χ3v) is 4.87. The third-order valence-electron chi connectivity index (χ3n) is 4.87. The Morgan fingerprint density at radius 2 is 1.68 bits per heavy atom. The molecule has 0 radical (unpaired) electrons. The molecule has 8 nitrogen and oxygen atoms in total. The molecule has 1 fully saturated rings. The second-order valence-corrected chi connectivity index (χ2v) is 7.05. The largest absolute Gasteiger partial charge is 0.486 e. The highest BCUT2D eigenvalue weighted by Crippen LogP contribution is 2.24. The van der Waals surface area contributed by atoms with Gasteiger partial charge in [-0.2, -0.15) is 0 Å². The average molecular weight is 419 g/mol. The molecule has 31 heavy (non-hydrogen) atoms. The first-order valence-electron chi connectivity index (χ1n) is 9.82. The number of rotatable bonds is 6. The highest BCUT2D eigenvalue weighted by Gasteiger charge is 2.35. The fourth-order valence-corrected chi connectivity index (χ4v) is 3.27. The van der Waals surface area contributed by atoms with Crippen molar-refractivity contribution >= 4 is 23.4 Å². The SMILES string of the molecule is O=C(NNC(=O)C1CC(=O)N(c2ccccc2)C1)c1ccc(COc2ccccc2)o1. The Balaban J connectivity index is 1.26. The quantitative estimate of drug-likeness (QED) is 0.599. The van der Waals surface area contributed by atoms with Gasteiger partial charge in [-0.3, -0.25) is 25.2 Å². The summed E-state index contributed by atoms with van der Waals surface area (Å²) in [7, 11) is 0. The molecule has 2 heterocycles. The number of furan rings is 1. The number of nitrogens with zero attached hydrogens (tertiary/aromatic N) is 1. The molecule has 0 spiro atoms. The molecule has 1 aliphatic rings. The summed E-state index contributed by atoms with van der Waals surface area (Å²) in [5.74, 6) is -0.512. The van der Waals surface area contributed by atoms with Crippen LogP contribution in [0, 0.1) is 5.92 Å². The van der Waals surface area contributed by atoms with E-state index in [0.29, 0.717) is 11.5 Å². The zero-order chi connectivity index (χ0) is 21.6. The van der Waals surface area contributed by atoms with Crippen LogP contribution in [0.5, 0.6) is 5.75 Å². The van der Waals surface area contributed by atoms with E-state index in [0.717, 1.165) is 5.69 Å². The first kappa shape index (κ1) is 20.2. The molecule has 1 aliphatic heterocycles. The Morgan fingerprint density at radius 1 is 0.968 bits per heavy atom. The lowest BCUT2D eigenvalue weighted by atomic mass is 10.1. The Morgan fingerprint density at radius 3 is 2.42 bits per heavy atom. The number of amides is 3.